The van der Waals surface area contributed by atoms with E-state index in [1.165, 1.54) is 10.4 Å². The van der Waals surface area contributed by atoms with Crippen molar-refractivity contribution in [2.24, 2.45) is 13.0 Å². The number of hydrogen-bond donors (Lipinski definition) is 2. The Bertz CT molecular complexity index is 708. The summed E-state index contributed by atoms with van der Waals surface area (Å²) >= 11 is 0. The molecule has 3 heterocycles. The van der Waals surface area contributed by atoms with Crippen molar-refractivity contribution in [1.82, 2.24) is 19.5 Å². The highest BCUT2D eigenvalue weighted by atomic mass is 35.5. The number of carbonyl (C=O) groups is 1. The van der Waals surface area contributed by atoms with Crippen molar-refractivity contribution >= 4 is 28.3 Å². The maximum absolute atomic E-state index is 12.7. The Hall–Kier alpha value is -1.09. The molecule has 2 fully saturated rings. The first-order valence-corrected chi connectivity index (χ1v) is 10.6. The fraction of sp³-hybridized carbons (Fsp3) is 0.706. The van der Waals surface area contributed by atoms with E-state index in [9.17, 15) is 13.2 Å². The molecule has 7 nitrogen and oxygen atoms in total. The van der Waals surface area contributed by atoms with E-state index < -0.39 is 10.0 Å². The van der Waals surface area contributed by atoms with Gasteiger partial charge < -0.3 is 15.2 Å². The SMILES string of the molecule is Cl.Cn1cc(S(=O)(=O)N2CCCCC2)cc1C(=O)NCCC1CCNC1. The van der Waals surface area contributed by atoms with Gasteiger partial charge in [0.25, 0.3) is 5.91 Å². The predicted molar refractivity (Wildman–Crippen MR) is 103 cm³/mol. The number of amides is 1. The van der Waals surface area contributed by atoms with Gasteiger partial charge in [-0.2, -0.15) is 4.31 Å². The topological polar surface area (TPSA) is 83.4 Å². The molecule has 0 saturated carbocycles. The van der Waals surface area contributed by atoms with Crippen LogP contribution in [0, 0.1) is 5.92 Å². The molecule has 3 rings (SSSR count). The number of sulfonamides is 1. The summed E-state index contributed by atoms with van der Waals surface area (Å²) < 4.78 is 28.6. The van der Waals surface area contributed by atoms with Crippen molar-refractivity contribution in [2.75, 3.05) is 32.7 Å². The standard InChI is InChI=1S/C17H28N4O3S.ClH/c1-20-13-15(25(23,24)21-9-3-2-4-10-21)11-16(20)17(22)19-8-6-14-5-7-18-12-14;/h11,13-14,18H,2-10,12H2,1H3,(H,19,22);1H. The van der Waals surface area contributed by atoms with Crippen molar-refractivity contribution in [3.05, 3.63) is 18.0 Å². The molecule has 2 N–H and O–H groups in total. The van der Waals surface area contributed by atoms with Crippen LogP contribution in [0.5, 0.6) is 0 Å². The van der Waals surface area contributed by atoms with E-state index in [2.05, 4.69) is 10.6 Å². The summed E-state index contributed by atoms with van der Waals surface area (Å²) in [6.45, 7) is 3.80. The van der Waals surface area contributed by atoms with E-state index >= 15 is 0 Å². The number of nitrogens with zero attached hydrogens (tertiary/aromatic N) is 2. The molecule has 0 spiro atoms. The van der Waals surface area contributed by atoms with Gasteiger partial charge in [0, 0.05) is 32.9 Å². The first-order valence-electron chi connectivity index (χ1n) is 9.14. The van der Waals surface area contributed by atoms with Crippen molar-refractivity contribution in [3.63, 3.8) is 0 Å². The summed E-state index contributed by atoms with van der Waals surface area (Å²) in [6.07, 6.45) is 6.51. The minimum absolute atomic E-state index is 0. The monoisotopic (exact) mass is 404 g/mol. The maximum atomic E-state index is 12.7. The van der Waals surface area contributed by atoms with Gasteiger partial charge in [0.1, 0.15) is 10.6 Å². The Labute approximate surface area is 162 Å². The van der Waals surface area contributed by atoms with Crippen molar-refractivity contribution < 1.29 is 13.2 Å². The van der Waals surface area contributed by atoms with Gasteiger partial charge in [0.05, 0.1) is 0 Å². The molecule has 0 bridgehead atoms. The second kappa shape index (κ2) is 9.21. The molecule has 0 radical (unpaired) electrons. The van der Waals surface area contributed by atoms with Crippen LogP contribution in [0.1, 0.15) is 42.6 Å². The molecule has 1 amide bonds. The second-order valence-corrected chi connectivity index (χ2v) is 8.98. The number of aromatic nitrogens is 1. The fourth-order valence-electron chi connectivity index (χ4n) is 3.60. The van der Waals surface area contributed by atoms with E-state index in [-0.39, 0.29) is 23.2 Å². The molecular formula is C17H29ClN4O3S. The highest BCUT2D eigenvalue weighted by Crippen LogP contribution is 2.22. The molecule has 148 valence electrons. The van der Waals surface area contributed by atoms with Crippen LogP contribution in [-0.2, 0) is 17.1 Å². The zero-order valence-corrected chi connectivity index (χ0v) is 16.9. The van der Waals surface area contributed by atoms with Gasteiger partial charge in [0.15, 0.2) is 0 Å². The lowest BCUT2D eigenvalue weighted by Crippen LogP contribution is -2.35. The third-order valence-corrected chi connectivity index (χ3v) is 7.03. The molecule has 1 atom stereocenters. The van der Waals surface area contributed by atoms with Crippen LogP contribution in [0.2, 0.25) is 0 Å². The molecule has 1 aromatic heterocycles. The van der Waals surface area contributed by atoms with Crippen LogP contribution in [0.25, 0.3) is 0 Å². The number of aryl methyl sites for hydroxylation is 1. The lowest BCUT2D eigenvalue weighted by Gasteiger charge is -2.25. The summed E-state index contributed by atoms with van der Waals surface area (Å²) in [4.78, 5) is 12.6. The molecule has 2 saturated heterocycles. The number of nitrogens with one attached hydrogen (secondary N) is 2. The summed E-state index contributed by atoms with van der Waals surface area (Å²) in [5.41, 5.74) is 0.389. The van der Waals surface area contributed by atoms with Crippen LogP contribution >= 0.6 is 12.4 Å². The Morgan fingerprint density at radius 2 is 2.04 bits per heavy atom. The van der Waals surface area contributed by atoms with E-state index in [4.69, 9.17) is 0 Å². The maximum Gasteiger partial charge on any atom is 0.267 e. The average molecular weight is 405 g/mol. The number of carbonyl (C=O) groups excluding carboxylic acids is 1. The summed E-state index contributed by atoms with van der Waals surface area (Å²) in [6, 6.07) is 1.50. The molecule has 9 heteroatoms. The molecule has 26 heavy (non-hydrogen) atoms. The largest absolute Gasteiger partial charge is 0.351 e. The Kier molecular flexibility index (Phi) is 7.52. The van der Waals surface area contributed by atoms with Crippen LogP contribution in [0.4, 0.5) is 0 Å². The first-order chi connectivity index (χ1) is 12.0. The molecule has 2 aliphatic heterocycles. The van der Waals surface area contributed by atoms with Gasteiger partial charge in [-0.25, -0.2) is 8.42 Å². The highest BCUT2D eigenvalue weighted by Gasteiger charge is 2.28. The van der Waals surface area contributed by atoms with Gasteiger partial charge in [-0.15, -0.1) is 12.4 Å². The summed E-state index contributed by atoms with van der Waals surface area (Å²) in [5.74, 6) is 0.400. The van der Waals surface area contributed by atoms with Crippen LogP contribution < -0.4 is 10.6 Å². The smallest absolute Gasteiger partial charge is 0.267 e. The van der Waals surface area contributed by atoms with Gasteiger partial charge in [-0.1, -0.05) is 6.42 Å². The summed E-state index contributed by atoms with van der Waals surface area (Å²) in [5, 5.41) is 6.23. The molecule has 0 aromatic carbocycles. The highest BCUT2D eigenvalue weighted by molar-refractivity contribution is 7.89. The van der Waals surface area contributed by atoms with Crippen molar-refractivity contribution in [1.29, 1.82) is 0 Å². The van der Waals surface area contributed by atoms with Gasteiger partial charge >= 0.3 is 0 Å². The third-order valence-electron chi connectivity index (χ3n) is 5.17. The van der Waals surface area contributed by atoms with E-state index in [1.54, 1.807) is 17.8 Å². The Morgan fingerprint density at radius 3 is 2.69 bits per heavy atom. The van der Waals surface area contributed by atoms with Crippen LogP contribution in [0.15, 0.2) is 17.2 Å². The molecule has 2 aliphatic rings. The minimum atomic E-state index is -3.51. The second-order valence-electron chi connectivity index (χ2n) is 7.04. The first kappa shape index (κ1) is 21.2. The number of piperidine rings is 1. The zero-order chi connectivity index (χ0) is 17.9. The summed E-state index contributed by atoms with van der Waals surface area (Å²) in [7, 11) is -1.79. The van der Waals surface area contributed by atoms with Crippen LogP contribution in [-0.4, -0.2) is 55.9 Å². The molecule has 1 unspecified atom stereocenters. The van der Waals surface area contributed by atoms with Crippen LogP contribution in [0.3, 0.4) is 0 Å². The lowest BCUT2D eigenvalue weighted by molar-refractivity contribution is 0.0943. The quantitative estimate of drug-likeness (QED) is 0.749. The molecule has 1 aromatic rings. The number of hydrogen-bond acceptors (Lipinski definition) is 4. The van der Waals surface area contributed by atoms with Gasteiger partial charge in [-0.05, 0) is 50.8 Å². The third kappa shape index (κ3) is 4.79. The Morgan fingerprint density at radius 1 is 1.31 bits per heavy atom. The molecular weight excluding hydrogens is 376 g/mol. The fourth-order valence-corrected chi connectivity index (χ4v) is 5.19. The van der Waals surface area contributed by atoms with E-state index in [0.29, 0.717) is 31.2 Å². The molecule has 0 aliphatic carbocycles. The zero-order valence-electron chi connectivity index (χ0n) is 15.2. The van der Waals surface area contributed by atoms with Gasteiger partial charge in [-0.3, -0.25) is 4.79 Å². The van der Waals surface area contributed by atoms with E-state index in [0.717, 1.165) is 45.2 Å². The van der Waals surface area contributed by atoms with Crippen molar-refractivity contribution in [2.45, 2.75) is 37.0 Å². The van der Waals surface area contributed by atoms with E-state index in [1.807, 2.05) is 0 Å². The normalized spacial score (nSPS) is 21.3. The minimum Gasteiger partial charge on any atom is -0.351 e. The predicted octanol–water partition coefficient (Wildman–Crippen LogP) is 1.35. The van der Waals surface area contributed by atoms with Gasteiger partial charge in [0.2, 0.25) is 10.0 Å². The lowest BCUT2D eigenvalue weighted by atomic mass is 10.1. The van der Waals surface area contributed by atoms with Crippen molar-refractivity contribution in [3.8, 4) is 0 Å². The number of rotatable bonds is 6. The number of halogens is 1. The average Bonchev–Trinajstić information content (AvgIpc) is 3.25. The Balaban J connectivity index is 0.00000243.